The van der Waals surface area contributed by atoms with Crippen molar-refractivity contribution in [2.45, 2.75) is 31.6 Å². The molecule has 108 valence electrons. The van der Waals surface area contributed by atoms with Gasteiger partial charge in [-0.3, -0.25) is 0 Å². The molecular formula is C13H14Cl2N2O2S. The molecule has 0 saturated carbocycles. The van der Waals surface area contributed by atoms with Crippen LogP contribution in [0.2, 0.25) is 10.0 Å². The van der Waals surface area contributed by atoms with Crippen molar-refractivity contribution in [3.8, 4) is 0 Å². The van der Waals surface area contributed by atoms with Gasteiger partial charge in [0.2, 0.25) is 0 Å². The predicted octanol–water partition coefficient (Wildman–Crippen LogP) is 3.86. The summed E-state index contributed by atoms with van der Waals surface area (Å²) in [5, 5.41) is 0.535. The van der Waals surface area contributed by atoms with Gasteiger partial charge >= 0.3 is 0 Å². The number of benzene rings is 1. The number of imidazole rings is 1. The second-order valence-electron chi connectivity index (χ2n) is 4.77. The lowest BCUT2D eigenvalue weighted by Gasteiger charge is -2.13. The molecule has 0 aliphatic rings. The van der Waals surface area contributed by atoms with Crippen LogP contribution in [-0.4, -0.2) is 17.4 Å². The van der Waals surface area contributed by atoms with E-state index < -0.39 is 10.0 Å². The fraction of sp³-hybridized carbons (Fsp3) is 0.308. The first-order valence-electron chi connectivity index (χ1n) is 5.99. The highest BCUT2D eigenvalue weighted by Gasteiger charge is 2.24. The molecule has 0 aliphatic heterocycles. The Balaban J connectivity index is 2.67. The molecule has 0 amide bonds. The number of nitrogens with zero attached hydrogens (tertiary/aromatic N) is 2. The summed E-state index contributed by atoms with van der Waals surface area (Å²) in [4.78, 5) is 4.12. The Kier molecular flexibility index (Phi) is 4.14. The van der Waals surface area contributed by atoms with Crippen LogP contribution >= 0.6 is 23.2 Å². The standard InChI is InChI=1S/C13H14Cl2N2O2S/c1-8(2)13-16-4-5-17(13)20(18,19)12-6-9(3)10(14)7-11(12)15/h4-8H,1-3H3. The van der Waals surface area contributed by atoms with E-state index in [1.54, 1.807) is 6.92 Å². The number of hydrogen-bond donors (Lipinski definition) is 0. The molecule has 0 bridgehead atoms. The van der Waals surface area contributed by atoms with Gasteiger partial charge < -0.3 is 0 Å². The summed E-state index contributed by atoms with van der Waals surface area (Å²) >= 11 is 12.0. The molecule has 4 nitrogen and oxygen atoms in total. The van der Waals surface area contributed by atoms with Crippen LogP contribution in [-0.2, 0) is 10.0 Å². The monoisotopic (exact) mass is 332 g/mol. The summed E-state index contributed by atoms with van der Waals surface area (Å²) < 4.78 is 26.6. The van der Waals surface area contributed by atoms with E-state index >= 15 is 0 Å². The van der Waals surface area contributed by atoms with Gasteiger partial charge in [-0.2, -0.15) is 0 Å². The first-order valence-corrected chi connectivity index (χ1v) is 8.19. The van der Waals surface area contributed by atoms with E-state index in [-0.39, 0.29) is 15.8 Å². The second-order valence-corrected chi connectivity index (χ2v) is 7.37. The lowest BCUT2D eigenvalue weighted by molar-refractivity contribution is 0.581. The predicted molar refractivity (Wildman–Crippen MR) is 80.1 cm³/mol. The van der Waals surface area contributed by atoms with E-state index in [0.29, 0.717) is 16.4 Å². The maximum Gasteiger partial charge on any atom is 0.270 e. The lowest BCUT2D eigenvalue weighted by Crippen LogP contribution is -2.16. The molecule has 20 heavy (non-hydrogen) atoms. The number of rotatable bonds is 3. The lowest BCUT2D eigenvalue weighted by atomic mass is 10.2. The zero-order valence-electron chi connectivity index (χ0n) is 11.3. The first-order chi connectivity index (χ1) is 9.25. The van der Waals surface area contributed by atoms with Crippen molar-refractivity contribution in [2.75, 3.05) is 0 Å². The van der Waals surface area contributed by atoms with E-state index in [4.69, 9.17) is 23.2 Å². The third-order valence-corrected chi connectivity index (χ3v) is 5.45. The van der Waals surface area contributed by atoms with Crippen LogP contribution in [0.15, 0.2) is 29.4 Å². The molecule has 1 heterocycles. The highest BCUT2D eigenvalue weighted by atomic mass is 35.5. The van der Waals surface area contributed by atoms with Crippen LogP contribution in [0.1, 0.15) is 31.2 Å². The van der Waals surface area contributed by atoms with Crippen molar-refractivity contribution >= 4 is 33.2 Å². The maximum absolute atomic E-state index is 12.7. The third-order valence-electron chi connectivity index (χ3n) is 2.90. The molecule has 2 aromatic rings. The molecule has 0 unspecified atom stereocenters. The van der Waals surface area contributed by atoms with Gasteiger partial charge in [-0.25, -0.2) is 17.4 Å². The number of halogens is 2. The van der Waals surface area contributed by atoms with Gasteiger partial charge in [-0.05, 0) is 24.6 Å². The summed E-state index contributed by atoms with van der Waals surface area (Å²) in [6.07, 6.45) is 2.88. The molecule has 1 aromatic heterocycles. The number of aromatic nitrogens is 2. The Bertz CT molecular complexity index is 752. The summed E-state index contributed by atoms with van der Waals surface area (Å²) in [5.74, 6) is 0.445. The summed E-state index contributed by atoms with van der Waals surface area (Å²) in [6.45, 7) is 5.49. The van der Waals surface area contributed by atoms with Crippen molar-refractivity contribution in [3.63, 3.8) is 0 Å². The summed E-state index contributed by atoms with van der Waals surface area (Å²) in [5.41, 5.74) is 0.654. The smallest absolute Gasteiger partial charge is 0.240 e. The van der Waals surface area contributed by atoms with Gasteiger partial charge in [0.25, 0.3) is 10.0 Å². The van der Waals surface area contributed by atoms with Crippen molar-refractivity contribution < 1.29 is 8.42 Å². The van der Waals surface area contributed by atoms with Crippen LogP contribution in [0, 0.1) is 6.92 Å². The topological polar surface area (TPSA) is 52.0 Å². The van der Waals surface area contributed by atoms with Crippen LogP contribution in [0.3, 0.4) is 0 Å². The zero-order chi connectivity index (χ0) is 15.1. The van der Waals surface area contributed by atoms with E-state index in [1.165, 1.54) is 24.5 Å². The van der Waals surface area contributed by atoms with Crippen LogP contribution < -0.4 is 0 Å². The fourth-order valence-electron chi connectivity index (χ4n) is 1.84. The molecule has 0 saturated heterocycles. The minimum atomic E-state index is -3.78. The number of hydrogen-bond acceptors (Lipinski definition) is 3. The molecule has 0 radical (unpaired) electrons. The van der Waals surface area contributed by atoms with Gasteiger partial charge in [-0.15, -0.1) is 0 Å². The van der Waals surface area contributed by atoms with Crippen molar-refractivity contribution in [3.05, 3.63) is 46.0 Å². The molecule has 0 N–H and O–H groups in total. The van der Waals surface area contributed by atoms with E-state index in [9.17, 15) is 8.42 Å². The SMILES string of the molecule is Cc1cc(S(=O)(=O)n2ccnc2C(C)C)c(Cl)cc1Cl. The van der Waals surface area contributed by atoms with Gasteiger partial charge in [-0.1, -0.05) is 37.0 Å². The molecule has 0 fully saturated rings. The van der Waals surface area contributed by atoms with E-state index in [1.807, 2.05) is 13.8 Å². The van der Waals surface area contributed by atoms with E-state index in [0.717, 1.165) is 3.97 Å². The average Bonchev–Trinajstić information content (AvgIpc) is 2.83. The van der Waals surface area contributed by atoms with Gasteiger partial charge in [0.1, 0.15) is 10.7 Å². The first kappa shape index (κ1) is 15.4. The fourth-order valence-corrected chi connectivity index (χ4v) is 4.08. The van der Waals surface area contributed by atoms with Crippen molar-refractivity contribution in [2.24, 2.45) is 0 Å². The molecule has 2 rings (SSSR count). The Hall–Kier alpha value is -1.04. The van der Waals surface area contributed by atoms with Crippen LogP contribution in [0.25, 0.3) is 0 Å². The van der Waals surface area contributed by atoms with Gasteiger partial charge in [0.15, 0.2) is 0 Å². The average molecular weight is 333 g/mol. The minimum Gasteiger partial charge on any atom is -0.240 e. The van der Waals surface area contributed by atoms with Crippen molar-refractivity contribution in [1.82, 2.24) is 8.96 Å². The Morgan fingerprint density at radius 2 is 1.85 bits per heavy atom. The molecule has 0 atom stereocenters. The maximum atomic E-state index is 12.7. The second kappa shape index (κ2) is 5.39. The number of aryl methyl sites for hydroxylation is 1. The Labute approximate surface area is 128 Å². The quantitative estimate of drug-likeness (QED) is 0.857. The molecule has 0 aliphatic carbocycles. The zero-order valence-corrected chi connectivity index (χ0v) is 13.6. The highest BCUT2D eigenvalue weighted by molar-refractivity contribution is 7.90. The van der Waals surface area contributed by atoms with E-state index in [2.05, 4.69) is 4.98 Å². The Morgan fingerprint density at radius 1 is 1.20 bits per heavy atom. The molecule has 1 aromatic carbocycles. The van der Waals surface area contributed by atoms with Gasteiger partial charge in [0, 0.05) is 23.3 Å². The van der Waals surface area contributed by atoms with Crippen molar-refractivity contribution in [1.29, 1.82) is 0 Å². The minimum absolute atomic E-state index is 0.0213. The van der Waals surface area contributed by atoms with Crippen LogP contribution in [0.4, 0.5) is 0 Å². The van der Waals surface area contributed by atoms with Crippen LogP contribution in [0.5, 0.6) is 0 Å². The largest absolute Gasteiger partial charge is 0.270 e. The molecule has 7 heteroatoms. The molecule has 0 spiro atoms. The summed E-state index contributed by atoms with van der Waals surface area (Å²) in [6, 6.07) is 2.92. The Morgan fingerprint density at radius 3 is 2.45 bits per heavy atom. The van der Waals surface area contributed by atoms with Gasteiger partial charge in [0.05, 0.1) is 5.02 Å². The summed E-state index contributed by atoms with van der Waals surface area (Å²) in [7, 11) is -3.78. The third kappa shape index (κ3) is 2.57. The highest BCUT2D eigenvalue weighted by Crippen LogP contribution is 2.30. The normalized spacial score (nSPS) is 12.1. The molecular weight excluding hydrogens is 319 g/mol.